The van der Waals surface area contributed by atoms with E-state index < -0.39 is 0 Å². The maximum atomic E-state index is 9.60. The predicted octanol–water partition coefficient (Wildman–Crippen LogP) is 2.80. The SMILES string of the molecule is Oc1ccc(CNCC2CCCC(O)C2)cc1Br. The zero-order chi connectivity index (χ0) is 13.0. The number of aliphatic hydroxyl groups excluding tert-OH is 1. The van der Waals surface area contributed by atoms with Crippen molar-refractivity contribution in [1.29, 1.82) is 0 Å². The first-order chi connectivity index (χ1) is 8.65. The molecule has 1 aromatic rings. The topological polar surface area (TPSA) is 52.5 Å². The minimum atomic E-state index is -0.103. The molecule has 0 amide bonds. The Labute approximate surface area is 116 Å². The van der Waals surface area contributed by atoms with E-state index in [0.29, 0.717) is 5.92 Å². The van der Waals surface area contributed by atoms with Gasteiger partial charge >= 0.3 is 0 Å². The molecule has 18 heavy (non-hydrogen) atoms. The van der Waals surface area contributed by atoms with E-state index in [-0.39, 0.29) is 11.9 Å². The van der Waals surface area contributed by atoms with Crippen molar-refractivity contribution < 1.29 is 10.2 Å². The van der Waals surface area contributed by atoms with Gasteiger partial charge in [-0.25, -0.2) is 0 Å². The fourth-order valence-electron chi connectivity index (χ4n) is 2.53. The maximum Gasteiger partial charge on any atom is 0.129 e. The van der Waals surface area contributed by atoms with Crippen LogP contribution in [0.15, 0.2) is 22.7 Å². The van der Waals surface area contributed by atoms with E-state index in [1.807, 2.05) is 12.1 Å². The molecule has 2 unspecified atom stereocenters. The average Bonchev–Trinajstić information content (AvgIpc) is 2.34. The van der Waals surface area contributed by atoms with Crippen LogP contribution in [0.1, 0.15) is 31.2 Å². The van der Waals surface area contributed by atoms with Crippen molar-refractivity contribution >= 4 is 15.9 Å². The monoisotopic (exact) mass is 313 g/mol. The number of nitrogens with one attached hydrogen (secondary N) is 1. The molecule has 1 saturated carbocycles. The summed E-state index contributed by atoms with van der Waals surface area (Å²) in [5.74, 6) is 0.864. The summed E-state index contributed by atoms with van der Waals surface area (Å²) in [6.07, 6.45) is 4.13. The summed E-state index contributed by atoms with van der Waals surface area (Å²) in [5.41, 5.74) is 1.15. The summed E-state index contributed by atoms with van der Waals surface area (Å²) in [7, 11) is 0. The Bertz CT molecular complexity index is 397. The van der Waals surface area contributed by atoms with Crippen LogP contribution in [0.25, 0.3) is 0 Å². The Kier molecular flexibility index (Phi) is 5.03. The van der Waals surface area contributed by atoms with E-state index in [0.717, 1.165) is 42.4 Å². The molecule has 1 aliphatic rings. The lowest BCUT2D eigenvalue weighted by Crippen LogP contribution is -2.28. The van der Waals surface area contributed by atoms with E-state index in [4.69, 9.17) is 0 Å². The lowest BCUT2D eigenvalue weighted by Gasteiger charge is -2.26. The molecule has 0 aliphatic heterocycles. The Morgan fingerprint density at radius 1 is 1.33 bits per heavy atom. The Morgan fingerprint density at radius 2 is 2.17 bits per heavy atom. The minimum Gasteiger partial charge on any atom is -0.507 e. The Morgan fingerprint density at radius 3 is 2.89 bits per heavy atom. The first kappa shape index (κ1) is 13.8. The molecule has 2 atom stereocenters. The summed E-state index contributed by atoms with van der Waals surface area (Å²) in [6.45, 7) is 1.75. The summed E-state index contributed by atoms with van der Waals surface area (Å²) < 4.78 is 0.731. The van der Waals surface area contributed by atoms with Gasteiger partial charge in [0, 0.05) is 6.54 Å². The van der Waals surface area contributed by atoms with Crippen molar-refractivity contribution in [2.75, 3.05) is 6.54 Å². The second-order valence-corrected chi connectivity index (χ2v) is 5.96. The van der Waals surface area contributed by atoms with Crippen molar-refractivity contribution in [3.63, 3.8) is 0 Å². The molecule has 4 heteroatoms. The minimum absolute atomic E-state index is 0.103. The van der Waals surface area contributed by atoms with Crippen molar-refractivity contribution in [3.8, 4) is 5.75 Å². The van der Waals surface area contributed by atoms with Gasteiger partial charge in [-0.05, 0) is 65.4 Å². The van der Waals surface area contributed by atoms with Gasteiger partial charge in [0.15, 0.2) is 0 Å². The van der Waals surface area contributed by atoms with E-state index in [9.17, 15) is 10.2 Å². The van der Waals surface area contributed by atoms with Crippen molar-refractivity contribution in [3.05, 3.63) is 28.2 Å². The van der Waals surface area contributed by atoms with Crippen LogP contribution in [0.3, 0.4) is 0 Å². The van der Waals surface area contributed by atoms with E-state index >= 15 is 0 Å². The van der Waals surface area contributed by atoms with E-state index in [1.54, 1.807) is 6.07 Å². The third kappa shape index (κ3) is 3.97. The molecular weight excluding hydrogens is 294 g/mol. The number of hydrogen-bond donors (Lipinski definition) is 3. The second kappa shape index (κ2) is 6.55. The van der Waals surface area contributed by atoms with E-state index in [2.05, 4.69) is 21.2 Å². The van der Waals surface area contributed by atoms with E-state index in [1.165, 1.54) is 6.42 Å². The quantitative estimate of drug-likeness (QED) is 0.801. The standard InChI is InChI=1S/C14H20BrNO2/c15-13-7-11(4-5-14(13)18)9-16-8-10-2-1-3-12(17)6-10/h4-5,7,10,12,16-18H,1-3,6,8-9H2. The van der Waals surface area contributed by atoms with Crippen molar-refractivity contribution in [2.24, 2.45) is 5.92 Å². The molecular formula is C14H20BrNO2. The van der Waals surface area contributed by atoms with Gasteiger partial charge in [-0.1, -0.05) is 12.5 Å². The van der Waals surface area contributed by atoms with Crippen LogP contribution in [-0.2, 0) is 6.54 Å². The highest BCUT2D eigenvalue weighted by atomic mass is 79.9. The van der Waals surface area contributed by atoms with Crippen LogP contribution >= 0.6 is 15.9 Å². The molecule has 1 aromatic carbocycles. The van der Waals surface area contributed by atoms with Gasteiger partial charge in [-0.15, -0.1) is 0 Å². The summed E-state index contributed by atoms with van der Waals surface area (Å²) in [6, 6.07) is 5.55. The number of halogens is 1. The zero-order valence-corrected chi connectivity index (χ0v) is 12.0. The first-order valence-electron chi connectivity index (χ1n) is 6.51. The smallest absolute Gasteiger partial charge is 0.129 e. The number of phenols is 1. The third-order valence-corrected chi connectivity index (χ3v) is 4.16. The molecule has 0 spiro atoms. The van der Waals surface area contributed by atoms with Gasteiger partial charge in [-0.3, -0.25) is 0 Å². The van der Waals surface area contributed by atoms with Crippen LogP contribution in [0.4, 0.5) is 0 Å². The van der Waals surface area contributed by atoms with Gasteiger partial charge in [-0.2, -0.15) is 0 Å². The van der Waals surface area contributed by atoms with Crippen LogP contribution in [0.5, 0.6) is 5.75 Å². The fraction of sp³-hybridized carbons (Fsp3) is 0.571. The molecule has 3 nitrogen and oxygen atoms in total. The second-order valence-electron chi connectivity index (χ2n) is 5.10. The first-order valence-corrected chi connectivity index (χ1v) is 7.30. The lowest BCUT2D eigenvalue weighted by molar-refractivity contribution is 0.101. The van der Waals surface area contributed by atoms with Crippen molar-refractivity contribution in [2.45, 2.75) is 38.3 Å². The molecule has 0 saturated heterocycles. The third-order valence-electron chi connectivity index (χ3n) is 3.53. The molecule has 1 fully saturated rings. The molecule has 2 rings (SSSR count). The number of aliphatic hydroxyl groups is 1. The van der Waals surface area contributed by atoms with Gasteiger partial charge in [0.2, 0.25) is 0 Å². The normalized spacial score (nSPS) is 24.1. The van der Waals surface area contributed by atoms with Crippen LogP contribution in [0, 0.1) is 5.92 Å². The number of rotatable bonds is 4. The predicted molar refractivity (Wildman–Crippen MR) is 75.5 cm³/mol. The highest BCUT2D eigenvalue weighted by Gasteiger charge is 2.19. The molecule has 3 N–H and O–H groups in total. The van der Waals surface area contributed by atoms with Gasteiger partial charge in [0.1, 0.15) is 5.75 Å². The zero-order valence-electron chi connectivity index (χ0n) is 10.4. The molecule has 0 aromatic heterocycles. The summed E-state index contributed by atoms with van der Waals surface area (Å²) in [5, 5.41) is 22.4. The average molecular weight is 314 g/mol. The molecule has 0 bridgehead atoms. The Hall–Kier alpha value is -0.580. The van der Waals surface area contributed by atoms with Gasteiger partial charge in [0.05, 0.1) is 10.6 Å². The summed E-state index contributed by atoms with van der Waals surface area (Å²) in [4.78, 5) is 0. The number of benzene rings is 1. The van der Waals surface area contributed by atoms with Crippen LogP contribution in [-0.4, -0.2) is 22.9 Å². The molecule has 1 aliphatic carbocycles. The van der Waals surface area contributed by atoms with Crippen LogP contribution in [0.2, 0.25) is 0 Å². The highest BCUT2D eigenvalue weighted by Crippen LogP contribution is 2.25. The fourth-order valence-corrected chi connectivity index (χ4v) is 2.96. The number of phenolic OH excluding ortho intramolecular Hbond substituents is 1. The number of aromatic hydroxyl groups is 1. The molecule has 0 radical (unpaired) electrons. The lowest BCUT2D eigenvalue weighted by atomic mass is 9.87. The van der Waals surface area contributed by atoms with Crippen LogP contribution < -0.4 is 5.32 Å². The number of hydrogen-bond acceptors (Lipinski definition) is 3. The highest BCUT2D eigenvalue weighted by molar-refractivity contribution is 9.10. The van der Waals surface area contributed by atoms with Gasteiger partial charge < -0.3 is 15.5 Å². The van der Waals surface area contributed by atoms with Gasteiger partial charge in [0.25, 0.3) is 0 Å². The van der Waals surface area contributed by atoms with Crippen molar-refractivity contribution in [1.82, 2.24) is 5.32 Å². The molecule has 100 valence electrons. The summed E-state index contributed by atoms with van der Waals surface area (Å²) >= 11 is 3.31. The largest absolute Gasteiger partial charge is 0.507 e. The Balaban J connectivity index is 1.76. The molecule has 0 heterocycles. The maximum absolute atomic E-state index is 9.60.